The summed E-state index contributed by atoms with van der Waals surface area (Å²) in [6.07, 6.45) is -0.840. The molecule has 2 aromatic carbocycles. The molecule has 34 heavy (non-hydrogen) atoms. The smallest absolute Gasteiger partial charge is 0.407 e. The summed E-state index contributed by atoms with van der Waals surface area (Å²) in [7, 11) is 3.60. The number of rotatable bonds is 10. The lowest BCUT2D eigenvalue weighted by Crippen LogP contribution is -2.55. The Morgan fingerprint density at radius 3 is 2.06 bits per heavy atom. The number of ether oxygens (including phenoxy) is 1. The van der Waals surface area contributed by atoms with Crippen LogP contribution < -0.4 is 5.32 Å². The van der Waals surface area contributed by atoms with Crippen LogP contribution in [-0.2, 0) is 14.3 Å². The van der Waals surface area contributed by atoms with Crippen LogP contribution in [0.4, 0.5) is 4.79 Å². The van der Waals surface area contributed by atoms with Gasteiger partial charge in [-0.3, -0.25) is 9.59 Å². The van der Waals surface area contributed by atoms with Crippen molar-refractivity contribution in [1.29, 1.82) is 0 Å². The van der Waals surface area contributed by atoms with Crippen LogP contribution in [0.3, 0.4) is 0 Å². The molecule has 0 spiro atoms. The summed E-state index contributed by atoms with van der Waals surface area (Å²) in [6.45, 7) is 4.12. The average molecular weight is 468 g/mol. The van der Waals surface area contributed by atoms with E-state index < -0.39 is 18.1 Å². The highest BCUT2D eigenvalue weighted by Gasteiger charge is 2.31. The average Bonchev–Trinajstić information content (AvgIpc) is 3.10. The first-order valence-corrected chi connectivity index (χ1v) is 11.5. The van der Waals surface area contributed by atoms with E-state index in [0.29, 0.717) is 0 Å². The third-order valence-electron chi connectivity index (χ3n) is 5.95. The van der Waals surface area contributed by atoms with E-state index >= 15 is 0 Å². The molecule has 1 unspecified atom stereocenters. The maximum Gasteiger partial charge on any atom is 0.407 e. The summed E-state index contributed by atoms with van der Waals surface area (Å²) >= 11 is 0. The first-order valence-electron chi connectivity index (χ1n) is 11.5. The van der Waals surface area contributed by atoms with Gasteiger partial charge in [-0.05, 0) is 50.2 Å². The number of alkyl carbamates (subject to hydrolysis) is 1. The van der Waals surface area contributed by atoms with E-state index in [-0.39, 0.29) is 44.0 Å². The first-order chi connectivity index (χ1) is 16.2. The van der Waals surface area contributed by atoms with Gasteiger partial charge < -0.3 is 25.0 Å². The van der Waals surface area contributed by atoms with Crippen molar-refractivity contribution in [2.24, 2.45) is 0 Å². The van der Waals surface area contributed by atoms with Crippen molar-refractivity contribution < 1.29 is 24.2 Å². The maximum atomic E-state index is 13.2. The van der Waals surface area contributed by atoms with Crippen molar-refractivity contribution in [1.82, 2.24) is 15.1 Å². The van der Waals surface area contributed by atoms with E-state index in [4.69, 9.17) is 9.84 Å². The molecule has 0 bridgehead atoms. The summed E-state index contributed by atoms with van der Waals surface area (Å²) in [5, 5.41) is 11.7. The Morgan fingerprint density at radius 1 is 1.00 bits per heavy atom. The van der Waals surface area contributed by atoms with Crippen LogP contribution in [0.25, 0.3) is 11.1 Å². The zero-order valence-electron chi connectivity index (χ0n) is 20.2. The second-order valence-electron chi connectivity index (χ2n) is 9.05. The molecule has 2 aromatic rings. The lowest BCUT2D eigenvalue weighted by molar-refractivity contribution is -0.140. The number of nitrogens with one attached hydrogen (secondary N) is 1. The number of carboxylic acid groups (broad SMARTS) is 1. The quantitative estimate of drug-likeness (QED) is 0.557. The minimum Gasteiger partial charge on any atom is -0.481 e. The molecule has 2 amide bonds. The minimum absolute atomic E-state index is 0.0716. The van der Waals surface area contributed by atoms with Crippen LogP contribution in [-0.4, -0.2) is 78.8 Å². The Bertz CT molecular complexity index is 991. The molecule has 2 N–H and O–H groups in total. The molecule has 1 atom stereocenters. The van der Waals surface area contributed by atoms with Gasteiger partial charge in [0.1, 0.15) is 12.6 Å². The van der Waals surface area contributed by atoms with Gasteiger partial charge in [-0.2, -0.15) is 0 Å². The summed E-state index contributed by atoms with van der Waals surface area (Å²) in [6, 6.07) is 15.1. The van der Waals surface area contributed by atoms with Crippen molar-refractivity contribution >= 4 is 18.0 Å². The monoisotopic (exact) mass is 467 g/mol. The van der Waals surface area contributed by atoms with Gasteiger partial charge in [0.2, 0.25) is 5.91 Å². The standard InChI is InChI=1S/C26H33N3O5/c1-17(2)29(14-13-24(30)31)25(32)23(15-28(3)4)27-26(33)34-16-22-20-11-7-5-9-18(20)19-10-6-8-12-21(19)22/h5-12,17,22-23H,13-16H2,1-4H3,(H,27,33)(H,30,31). The number of aliphatic carboxylic acids is 1. The number of amides is 2. The fraction of sp³-hybridized carbons (Fsp3) is 0.423. The zero-order valence-corrected chi connectivity index (χ0v) is 20.2. The number of benzene rings is 2. The van der Waals surface area contributed by atoms with Crippen LogP contribution in [0.5, 0.6) is 0 Å². The van der Waals surface area contributed by atoms with E-state index in [9.17, 15) is 14.4 Å². The van der Waals surface area contributed by atoms with Crippen molar-refractivity contribution in [2.75, 3.05) is 33.8 Å². The number of carboxylic acids is 1. The van der Waals surface area contributed by atoms with Crippen molar-refractivity contribution in [3.8, 4) is 11.1 Å². The molecule has 8 heteroatoms. The Kier molecular flexibility index (Phi) is 8.28. The fourth-order valence-corrected chi connectivity index (χ4v) is 4.37. The molecule has 0 heterocycles. The Morgan fingerprint density at radius 2 is 1.56 bits per heavy atom. The number of nitrogens with zero attached hydrogens (tertiary/aromatic N) is 2. The molecule has 1 aliphatic rings. The molecule has 0 aromatic heterocycles. The van der Waals surface area contributed by atoms with Crippen molar-refractivity contribution in [2.45, 2.75) is 38.3 Å². The number of carbonyl (C=O) groups excluding carboxylic acids is 2. The third-order valence-corrected chi connectivity index (χ3v) is 5.95. The largest absolute Gasteiger partial charge is 0.481 e. The van der Waals surface area contributed by atoms with Gasteiger partial charge in [0.15, 0.2) is 0 Å². The number of carbonyl (C=O) groups is 3. The fourth-order valence-electron chi connectivity index (χ4n) is 4.37. The zero-order chi connectivity index (χ0) is 24.8. The van der Waals surface area contributed by atoms with E-state index in [1.54, 1.807) is 19.0 Å². The van der Waals surface area contributed by atoms with Gasteiger partial charge in [0.05, 0.1) is 6.42 Å². The SMILES string of the molecule is CC(C)N(CCC(=O)O)C(=O)C(CN(C)C)NC(=O)OCC1c2ccccc2-c2ccccc21. The number of likely N-dealkylation sites (N-methyl/N-ethyl adjacent to an activating group) is 1. The summed E-state index contributed by atoms with van der Waals surface area (Å²) < 4.78 is 5.61. The number of hydrogen-bond donors (Lipinski definition) is 2. The van der Waals surface area contributed by atoms with E-state index in [1.165, 1.54) is 4.90 Å². The lowest BCUT2D eigenvalue weighted by Gasteiger charge is -2.31. The predicted molar refractivity (Wildman–Crippen MR) is 130 cm³/mol. The van der Waals surface area contributed by atoms with Gasteiger partial charge >= 0.3 is 12.1 Å². The summed E-state index contributed by atoms with van der Waals surface area (Å²) in [4.78, 5) is 40.3. The second-order valence-corrected chi connectivity index (χ2v) is 9.05. The second kappa shape index (κ2) is 11.2. The van der Waals surface area contributed by atoms with Crippen LogP contribution in [0.2, 0.25) is 0 Å². The molecule has 3 rings (SSSR count). The van der Waals surface area contributed by atoms with E-state index in [0.717, 1.165) is 22.3 Å². The summed E-state index contributed by atoms with van der Waals surface area (Å²) in [5.74, 6) is -1.39. The number of fused-ring (bicyclic) bond motifs is 3. The third kappa shape index (κ3) is 5.94. The molecule has 0 saturated carbocycles. The molecule has 8 nitrogen and oxygen atoms in total. The Hall–Kier alpha value is -3.39. The molecule has 0 fully saturated rings. The highest BCUT2D eigenvalue weighted by molar-refractivity contribution is 5.86. The van der Waals surface area contributed by atoms with Gasteiger partial charge in [-0.1, -0.05) is 48.5 Å². The highest BCUT2D eigenvalue weighted by atomic mass is 16.5. The number of hydrogen-bond acceptors (Lipinski definition) is 5. The molecule has 0 radical (unpaired) electrons. The first kappa shape index (κ1) is 25.2. The van der Waals surface area contributed by atoms with Crippen molar-refractivity contribution in [3.63, 3.8) is 0 Å². The highest BCUT2D eigenvalue weighted by Crippen LogP contribution is 2.44. The Balaban J connectivity index is 1.69. The molecule has 182 valence electrons. The van der Waals surface area contributed by atoms with Crippen LogP contribution in [0.15, 0.2) is 48.5 Å². The molecule has 0 aliphatic heterocycles. The van der Waals surface area contributed by atoms with Gasteiger partial charge in [-0.15, -0.1) is 0 Å². The predicted octanol–water partition coefficient (Wildman–Crippen LogP) is 3.17. The van der Waals surface area contributed by atoms with Gasteiger partial charge in [0, 0.05) is 25.0 Å². The summed E-state index contributed by atoms with van der Waals surface area (Å²) in [5.41, 5.74) is 4.49. The van der Waals surface area contributed by atoms with Crippen LogP contribution in [0.1, 0.15) is 37.3 Å². The minimum atomic E-state index is -0.980. The van der Waals surface area contributed by atoms with Crippen LogP contribution >= 0.6 is 0 Å². The molecular formula is C26H33N3O5. The lowest BCUT2D eigenvalue weighted by atomic mass is 9.98. The molecular weight excluding hydrogens is 434 g/mol. The molecule has 1 aliphatic carbocycles. The van der Waals surface area contributed by atoms with E-state index in [1.807, 2.05) is 50.2 Å². The topological polar surface area (TPSA) is 99.2 Å². The van der Waals surface area contributed by atoms with Crippen molar-refractivity contribution in [3.05, 3.63) is 59.7 Å². The molecule has 0 saturated heterocycles. The van der Waals surface area contributed by atoms with Gasteiger partial charge in [-0.25, -0.2) is 4.79 Å². The van der Waals surface area contributed by atoms with E-state index in [2.05, 4.69) is 17.4 Å². The Labute approximate surface area is 200 Å². The normalized spacial score (nSPS) is 13.4. The maximum absolute atomic E-state index is 13.2. The van der Waals surface area contributed by atoms with Gasteiger partial charge in [0.25, 0.3) is 0 Å². The van der Waals surface area contributed by atoms with Crippen LogP contribution in [0, 0.1) is 0 Å².